The first kappa shape index (κ1) is 22.9. The molecule has 2 heterocycles. The Morgan fingerprint density at radius 2 is 2.03 bits per heavy atom. The number of nitriles is 1. The average molecular weight is 462 g/mol. The maximum Gasteiger partial charge on any atom is 0.390 e. The van der Waals surface area contributed by atoms with Crippen LogP contribution in [0.4, 0.5) is 0 Å². The number of nitrogens with one attached hydrogen (secondary N) is 2. The number of ether oxygens (including phenoxy) is 1. The van der Waals surface area contributed by atoms with Crippen LogP contribution in [0.15, 0.2) is 51.7 Å². The topological polar surface area (TPSA) is 104 Å². The van der Waals surface area contributed by atoms with Gasteiger partial charge in [0.1, 0.15) is 17.7 Å². The van der Waals surface area contributed by atoms with Crippen LogP contribution in [0, 0.1) is 23.5 Å². The van der Waals surface area contributed by atoms with E-state index in [1.165, 1.54) is 0 Å². The van der Waals surface area contributed by atoms with Gasteiger partial charge in [-0.05, 0) is 35.1 Å². The first-order valence-electron chi connectivity index (χ1n) is 10.6. The first-order valence-corrected chi connectivity index (χ1v) is 11.9. The molecule has 168 valence electrons. The zero-order valence-electron chi connectivity index (χ0n) is 18.1. The zero-order chi connectivity index (χ0) is 23.2. The van der Waals surface area contributed by atoms with Crippen molar-refractivity contribution in [1.82, 2.24) is 10.6 Å². The van der Waals surface area contributed by atoms with Crippen LogP contribution in [0.2, 0.25) is 0 Å². The van der Waals surface area contributed by atoms with Crippen molar-refractivity contribution >= 4 is 28.6 Å². The van der Waals surface area contributed by atoms with E-state index in [2.05, 4.69) is 28.8 Å². The molecule has 8 heteroatoms. The van der Waals surface area contributed by atoms with Gasteiger partial charge in [-0.2, -0.15) is 17.0 Å². The summed E-state index contributed by atoms with van der Waals surface area (Å²) in [5.41, 5.74) is 2.76. The van der Waals surface area contributed by atoms with Gasteiger partial charge < -0.3 is 19.8 Å². The lowest BCUT2D eigenvalue weighted by atomic mass is 10.00. The molecule has 3 aromatic rings. The average Bonchev–Trinajstić information content (AvgIpc) is 3.09. The van der Waals surface area contributed by atoms with Gasteiger partial charge in [-0.15, -0.1) is 0 Å². The lowest BCUT2D eigenvalue weighted by molar-refractivity contribution is -0.132. The van der Waals surface area contributed by atoms with Gasteiger partial charge in [0, 0.05) is 30.8 Å². The molecule has 2 N–H and O–H groups in total. The Balaban J connectivity index is 1.39. The highest BCUT2D eigenvalue weighted by Crippen LogP contribution is 2.24. The Labute approximate surface area is 196 Å². The van der Waals surface area contributed by atoms with Crippen LogP contribution in [-0.4, -0.2) is 49.3 Å². The molecule has 1 fully saturated rings. The molecule has 2 unspecified atom stereocenters. The van der Waals surface area contributed by atoms with Crippen molar-refractivity contribution in [2.24, 2.45) is 0 Å². The third kappa shape index (κ3) is 5.74. The summed E-state index contributed by atoms with van der Waals surface area (Å²) in [5, 5.41) is 16.6. The molecule has 33 heavy (non-hydrogen) atoms. The summed E-state index contributed by atoms with van der Waals surface area (Å²) in [7, 11) is 0. The second-order valence-electron chi connectivity index (χ2n) is 7.78. The van der Waals surface area contributed by atoms with Gasteiger partial charge in [0.25, 0.3) is 5.91 Å². The third-order valence-corrected chi connectivity index (χ3v) is 6.46. The number of benzene rings is 2. The van der Waals surface area contributed by atoms with E-state index in [4.69, 9.17) is 9.15 Å². The Morgan fingerprint density at radius 3 is 2.79 bits per heavy atom. The molecular formula is C25H23N3O4S. The number of rotatable bonds is 6. The van der Waals surface area contributed by atoms with Crippen LogP contribution in [0.3, 0.4) is 0 Å². The van der Waals surface area contributed by atoms with Crippen LogP contribution >= 0.6 is 11.8 Å². The fourth-order valence-electron chi connectivity index (χ4n) is 3.64. The van der Waals surface area contributed by atoms with Crippen molar-refractivity contribution < 1.29 is 13.9 Å². The van der Waals surface area contributed by atoms with Crippen molar-refractivity contribution in [1.29, 1.82) is 5.26 Å². The van der Waals surface area contributed by atoms with E-state index in [-0.39, 0.29) is 5.91 Å². The minimum atomic E-state index is -0.653. The summed E-state index contributed by atoms with van der Waals surface area (Å²) in [6.07, 6.45) is 1.80. The second-order valence-corrected chi connectivity index (χ2v) is 8.92. The molecule has 1 saturated heterocycles. The number of nitrogens with zero attached hydrogens (tertiary/aromatic N) is 1. The monoisotopic (exact) mass is 461 g/mol. The minimum absolute atomic E-state index is 0.275. The maximum atomic E-state index is 12.6. The van der Waals surface area contributed by atoms with Crippen molar-refractivity contribution in [2.75, 3.05) is 26.0 Å². The van der Waals surface area contributed by atoms with Crippen LogP contribution in [-0.2, 0) is 16.0 Å². The zero-order valence-corrected chi connectivity index (χ0v) is 18.9. The van der Waals surface area contributed by atoms with E-state index in [0.29, 0.717) is 35.8 Å². The lowest BCUT2D eigenvalue weighted by Gasteiger charge is -2.18. The number of hydrogen-bond acceptors (Lipinski definition) is 7. The second kappa shape index (κ2) is 10.5. The summed E-state index contributed by atoms with van der Waals surface area (Å²) in [4.78, 5) is 23.9. The molecule has 2 aromatic carbocycles. The molecule has 0 saturated carbocycles. The number of thioether (sulfide) groups is 1. The lowest BCUT2D eigenvalue weighted by Crippen LogP contribution is -2.46. The predicted molar refractivity (Wildman–Crippen MR) is 127 cm³/mol. The first-order chi connectivity index (χ1) is 16.1. The molecule has 1 aromatic heterocycles. The molecule has 7 nitrogen and oxygen atoms in total. The van der Waals surface area contributed by atoms with E-state index < -0.39 is 17.8 Å². The highest BCUT2D eigenvalue weighted by atomic mass is 32.2. The standard InChI is InChI=1S/C25H23N3O4S/c1-33-21-13-27-14-23(31-15-21)25(30)28-20(12-26)10-16-2-4-17(5-3-16)18-6-8-22-19(11-18)7-9-24(29)32-22/h2-6,8,11,20-21,23,27H,10,13-15H2,1H3,(H,28,30)/t20-,21?,23?/m0/s1. The highest BCUT2D eigenvalue weighted by Gasteiger charge is 2.26. The quantitative estimate of drug-likeness (QED) is 0.581. The highest BCUT2D eigenvalue weighted by molar-refractivity contribution is 7.99. The summed E-state index contributed by atoms with van der Waals surface area (Å²) in [6, 6.07) is 20.0. The van der Waals surface area contributed by atoms with Gasteiger partial charge in [-0.3, -0.25) is 4.79 Å². The van der Waals surface area contributed by atoms with Crippen molar-refractivity contribution in [3.05, 3.63) is 70.6 Å². The number of carbonyl (C=O) groups excluding carboxylic acids is 1. The van der Waals surface area contributed by atoms with Crippen molar-refractivity contribution in [3.63, 3.8) is 0 Å². The van der Waals surface area contributed by atoms with Gasteiger partial charge >= 0.3 is 5.63 Å². The normalized spacial score (nSPS) is 19.2. The molecule has 1 aliphatic heterocycles. The number of amides is 1. The van der Waals surface area contributed by atoms with E-state index in [9.17, 15) is 14.9 Å². The van der Waals surface area contributed by atoms with Crippen LogP contribution in [0.25, 0.3) is 22.1 Å². The molecule has 3 atom stereocenters. The maximum absolute atomic E-state index is 12.6. The number of fused-ring (bicyclic) bond motifs is 1. The predicted octanol–water partition coefficient (Wildman–Crippen LogP) is 2.33. The van der Waals surface area contributed by atoms with Gasteiger partial charge in [-0.25, -0.2) is 4.79 Å². The fourth-order valence-corrected chi connectivity index (χ4v) is 4.14. The van der Waals surface area contributed by atoms with Crippen LogP contribution in [0.1, 0.15) is 5.56 Å². The van der Waals surface area contributed by atoms with Gasteiger partial charge in [-0.1, -0.05) is 36.4 Å². The third-order valence-electron chi connectivity index (χ3n) is 5.49. The molecule has 0 aliphatic carbocycles. The molecule has 0 bridgehead atoms. The van der Waals surface area contributed by atoms with Gasteiger partial charge in [0.2, 0.25) is 0 Å². The molecule has 1 aliphatic rings. The molecule has 0 spiro atoms. The Morgan fingerprint density at radius 1 is 1.24 bits per heavy atom. The summed E-state index contributed by atoms with van der Waals surface area (Å²) >= 11 is 1.70. The van der Waals surface area contributed by atoms with E-state index in [0.717, 1.165) is 23.2 Å². The molecule has 0 radical (unpaired) electrons. The van der Waals surface area contributed by atoms with E-state index in [1.807, 2.05) is 42.7 Å². The summed E-state index contributed by atoms with van der Waals surface area (Å²) in [5.74, 6) is -0.275. The molecule has 1 amide bonds. The van der Waals surface area contributed by atoms with E-state index in [1.54, 1.807) is 17.8 Å². The summed E-state index contributed by atoms with van der Waals surface area (Å²) in [6.45, 7) is 1.72. The van der Waals surface area contributed by atoms with Crippen molar-refractivity contribution in [3.8, 4) is 17.2 Å². The molecular weight excluding hydrogens is 438 g/mol. The largest absolute Gasteiger partial charge is 0.416 e. The number of carbonyl (C=O) groups is 1. The fraction of sp³-hybridized carbons (Fsp3) is 0.320. The van der Waals surface area contributed by atoms with Gasteiger partial charge in [0.15, 0.2) is 0 Å². The minimum Gasteiger partial charge on any atom is -0.416 e. The Hall–Kier alpha value is -3.30. The summed E-state index contributed by atoms with van der Waals surface area (Å²) < 4.78 is 10.8. The smallest absolute Gasteiger partial charge is 0.390 e. The SMILES string of the molecule is CSC1CNCC(C(=O)N[C@H](C#N)Cc2ccc(-c3ccc4oc(=O)c#cc4c3)cc2)OC1. The van der Waals surface area contributed by atoms with Gasteiger partial charge in [0.05, 0.1) is 18.1 Å². The number of hydrogen-bond donors (Lipinski definition) is 2. The van der Waals surface area contributed by atoms with Crippen molar-refractivity contribution in [2.45, 2.75) is 23.8 Å². The van der Waals surface area contributed by atoms with Crippen LogP contribution in [0.5, 0.6) is 0 Å². The Bertz CT molecular complexity index is 1220. The molecule has 4 rings (SSSR count). The van der Waals surface area contributed by atoms with E-state index >= 15 is 0 Å². The Kier molecular flexibility index (Phi) is 7.31. The van der Waals surface area contributed by atoms with Crippen LogP contribution < -0.4 is 16.3 Å².